The van der Waals surface area contributed by atoms with Gasteiger partial charge in [-0.2, -0.15) is 0 Å². The van der Waals surface area contributed by atoms with Gasteiger partial charge < -0.3 is 20.1 Å². The van der Waals surface area contributed by atoms with Crippen molar-refractivity contribution < 1.29 is 9.47 Å². The molecule has 2 N–H and O–H groups in total. The number of para-hydroxylation sites is 1. The molecule has 0 amide bonds. The zero-order chi connectivity index (χ0) is 13.7. The molecule has 1 saturated carbocycles. The Kier molecular flexibility index (Phi) is 4.91. The molecule has 4 nitrogen and oxygen atoms in total. The molecule has 1 fully saturated rings. The third-order valence-electron chi connectivity index (χ3n) is 3.36. The smallest absolute Gasteiger partial charge is 0.146 e. The van der Waals surface area contributed by atoms with Crippen molar-refractivity contribution in [1.29, 1.82) is 0 Å². The number of hydrogen-bond donors (Lipinski definition) is 1. The summed E-state index contributed by atoms with van der Waals surface area (Å²) in [5.74, 6) is 1.44. The van der Waals surface area contributed by atoms with E-state index in [2.05, 4.69) is 18.9 Å². The van der Waals surface area contributed by atoms with Crippen molar-refractivity contribution in [2.24, 2.45) is 0 Å². The van der Waals surface area contributed by atoms with Gasteiger partial charge in [0.15, 0.2) is 0 Å². The van der Waals surface area contributed by atoms with Gasteiger partial charge in [0.1, 0.15) is 23.8 Å². The molecule has 1 aliphatic rings. The summed E-state index contributed by atoms with van der Waals surface area (Å²) in [6.45, 7) is 4.35. The SMILES string of the molecule is CCCOc1cccc(OCCN(C)C2CC2)c1N. The van der Waals surface area contributed by atoms with Crippen molar-refractivity contribution >= 4 is 5.69 Å². The molecule has 1 aliphatic carbocycles. The fraction of sp³-hybridized carbons (Fsp3) is 0.600. The van der Waals surface area contributed by atoms with Gasteiger partial charge in [-0.25, -0.2) is 0 Å². The first-order chi connectivity index (χ1) is 9.22. The van der Waals surface area contributed by atoms with Crippen molar-refractivity contribution in [3.8, 4) is 11.5 Å². The van der Waals surface area contributed by atoms with Gasteiger partial charge in [0, 0.05) is 12.6 Å². The molecule has 0 heterocycles. The van der Waals surface area contributed by atoms with Crippen molar-refractivity contribution in [2.45, 2.75) is 32.2 Å². The van der Waals surface area contributed by atoms with E-state index in [0.717, 1.165) is 30.5 Å². The monoisotopic (exact) mass is 264 g/mol. The van der Waals surface area contributed by atoms with E-state index in [1.807, 2.05) is 18.2 Å². The Morgan fingerprint density at radius 2 is 1.84 bits per heavy atom. The summed E-state index contributed by atoms with van der Waals surface area (Å²) in [4.78, 5) is 2.34. The van der Waals surface area contributed by atoms with E-state index in [9.17, 15) is 0 Å². The van der Waals surface area contributed by atoms with Crippen LogP contribution in [0.5, 0.6) is 11.5 Å². The highest BCUT2D eigenvalue weighted by Crippen LogP contribution is 2.31. The molecule has 0 aliphatic heterocycles. The molecule has 0 atom stereocenters. The summed E-state index contributed by atoms with van der Waals surface area (Å²) in [5.41, 5.74) is 6.65. The van der Waals surface area contributed by atoms with Crippen LogP contribution < -0.4 is 15.2 Å². The van der Waals surface area contributed by atoms with Gasteiger partial charge in [0.25, 0.3) is 0 Å². The fourth-order valence-corrected chi connectivity index (χ4v) is 1.99. The van der Waals surface area contributed by atoms with Gasteiger partial charge in [-0.15, -0.1) is 0 Å². The molecule has 0 bridgehead atoms. The lowest BCUT2D eigenvalue weighted by Gasteiger charge is -2.17. The molecule has 0 unspecified atom stereocenters. The molecular formula is C15H24N2O2. The normalized spacial score (nSPS) is 14.7. The van der Waals surface area contributed by atoms with E-state index in [1.54, 1.807) is 0 Å². The van der Waals surface area contributed by atoms with Crippen molar-refractivity contribution in [1.82, 2.24) is 4.90 Å². The number of benzene rings is 1. The second-order valence-electron chi connectivity index (χ2n) is 5.08. The number of ether oxygens (including phenoxy) is 2. The Balaban J connectivity index is 1.84. The summed E-state index contributed by atoms with van der Waals surface area (Å²) < 4.78 is 11.3. The maximum absolute atomic E-state index is 6.05. The van der Waals surface area contributed by atoms with Crippen LogP contribution in [0, 0.1) is 0 Å². The average molecular weight is 264 g/mol. The average Bonchev–Trinajstić information content (AvgIpc) is 3.23. The van der Waals surface area contributed by atoms with Crippen LogP contribution in [0.15, 0.2) is 18.2 Å². The van der Waals surface area contributed by atoms with Crippen molar-refractivity contribution in [3.63, 3.8) is 0 Å². The molecule has 0 saturated heterocycles. The lowest BCUT2D eigenvalue weighted by molar-refractivity contribution is 0.231. The number of hydrogen-bond acceptors (Lipinski definition) is 4. The third kappa shape index (κ3) is 4.03. The topological polar surface area (TPSA) is 47.7 Å². The van der Waals surface area contributed by atoms with Gasteiger partial charge in [-0.05, 0) is 38.4 Å². The van der Waals surface area contributed by atoms with Crippen molar-refractivity contribution in [2.75, 3.05) is 32.5 Å². The lowest BCUT2D eigenvalue weighted by Crippen LogP contribution is -2.26. The Bertz CT molecular complexity index is 405. The van der Waals surface area contributed by atoms with Crippen LogP contribution in [0.3, 0.4) is 0 Å². The number of anilines is 1. The number of likely N-dealkylation sites (N-methyl/N-ethyl adjacent to an activating group) is 1. The van der Waals surface area contributed by atoms with Crippen LogP contribution in [-0.2, 0) is 0 Å². The highest BCUT2D eigenvalue weighted by molar-refractivity contribution is 5.62. The van der Waals surface area contributed by atoms with Gasteiger partial charge in [0.05, 0.1) is 6.61 Å². The van der Waals surface area contributed by atoms with E-state index in [1.165, 1.54) is 12.8 Å². The highest BCUT2D eigenvalue weighted by Gasteiger charge is 2.25. The molecular weight excluding hydrogens is 240 g/mol. The summed E-state index contributed by atoms with van der Waals surface area (Å²) in [5, 5.41) is 0. The van der Waals surface area contributed by atoms with Crippen LogP contribution >= 0.6 is 0 Å². The molecule has 1 aromatic rings. The van der Waals surface area contributed by atoms with Crippen LogP contribution in [0.1, 0.15) is 26.2 Å². The van der Waals surface area contributed by atoms with Crippen LogP contribution in [0.2, 0.25) is 0 Å². The minimum Gasteiger partial charge on any atom is -0.491 e. The Morgan fingerprint density at radius 1 is 1.21 bits per heavy atom. The quantitative estimate of drug-likeness (QED) is 0.733. The van der Waals surface area contributed by atoms with Crippen LogP contribution in [0.25, 0.3) is 0 Å². The zero-order valence-corrected chi connectivity index (χ0v) is 11.9. The highest BCUT2D eigenvalue weighted by atomic mass is 16.5. The predicted octanol–water partition coefficient (Wildman–Crippen LogP) is 2.53. The molecule has 0 radical (unpaired) electrons. The molecule has 106 valence electrons. The lowest BCUT2D eigenvalue weighted by atomic mass is 10.2. The van der Waals surface area contributed by atoms with Gasteiger partial charge in [-0.1, -0.05) is 13.0 Å². The van der Waals surface area contributed by atoms with E-state index in [4.69, 9.17) is 15.2 Å². The summed E-state index contributed by atoms with van der Waals surface area (Å²) in [6, 6.07) is 6.46. The number of nitrogen functional groups attached to an aromatic ring is 1. The molecule has 0 spiro atoms. The maximum Gasteiger partial charge on any atom is 0.146 e. The zero-order valence-electron chi connectivity index (χ0n) is 11.9. The molecule has 0 aromatic heterocycles. The largest absolute Gasteiger partial charge is 0.491 e. The van der Waals surface area contributed by atoms with E-state index in [-0.39, 0.29) is 0 Å². The van der Waals surface area contributed by atoms with Gasteiger partial charge >= 0.3 is 0 Å². The first-order valence-electron chi connectivity index (χ1n) is 7.06. The van der Waals surface area contributed by atoms with E-state index < -0.39 is 0 Å². The van der Waals surface area contributed by atoms with E-state index in [0.29, 0.717) is 18.9 Å². The summed E-state index contributed by atoms with van der Waals surface area (Å²) >= 11 is 0. The Morgan fingerprint density at radius 3 is 2.42 bits per heavy atom. The second kappa shape index (κ2) is 6.66. The minimum absolute atomic E-state index is 0.602. The Labute approximate surface area is 115 Å². The third-order valence-corrected chi connectivity index (χ3v) is 3.36. The number of nitrogens with two attached hydrogens (primary N) is 1. The standard InChI is InChI=1S/C15H24N2O2/c1-3-10-18-13-5-4-6-14(15(13)16)19-11-9-17(2)12-7-8-12/h4-6,12H,3,7-11,16H2,1-2H3. The first-order valence-corrected chi connectivity index (χ1v) is 7.06. The second-order valence-corrected chi connectivity index (χ2v) is 5.08. The molecule has 1 aromatic carbocycles. The maximum atomic E-state index is 6.05. The minimum atomic E-state index is 0.602. The predicted molar refractivity (Wildman–Crippen MR) is 77.8 cm³/mol. The number of rotatable bonds is 8. The molecule has 2 rings (SSSR count). The van der Waals surface area contributed by atoms with Gasteiger partial charge in [-0.3, -0.25) is 0 Å². The summed E-state index contributed by atoms with van der Waals surface area (Å²) in [7, 11) is 2.14. The first kappa shape index (κ1) is 14.0. The fourth-order valence-electron chi connectivity index (χ4n) is 1.99. The number of nitrogens with zero attached hydrogens (tertiary/aromatic N) is 1. The van der Waals surface area contributed by atoms with Crippen LogP contribution in [-0.4, -0.2) is 37.7 Å². The summed E-state index contributed by atoms with van der Waals surface area (Å²) in [6.07, 6.45) is 3.61. The van der Waals surface area contributed by atoms with E-state index >= 15 is 0 Å². The van der Waals surface area contributed by atoms with Crippen molar-refractivity contribution in [3.05, 3.63) is 18.2 Å². The molecule has 19 heavy (non-hydrogen) atoms. The molecule has 4 heteroatoms. The van der Waals surface area contributed by atoms with Gasteiger partial charge in [0.2, 0.25) is 0 Å². The van der Waals surface area contributed by atoms with Crippen LogP contribution in [0.4, 0.5) is 5.69 Å². The Hall–Kier alpha value is -1.42.